The third-order valence-electron chi connectivity index (χ3n) is 4.41. The number of carbonyl (C=O) groups is 1. The van der Waals surface area contributed by atoms with Gasteiger partial charge in [0.05, 0.1) is 14.2 Å². The van der Waals surface area contributed by atoms with Crippen LogP contribution in [0.15, 0.2) is 42.5 Å². The smallest absolute Gasteiger partial charge is 0.238 e. The number of rotatable bonds is 6. The molecule has 6 nitrogen and oxygen atoms in total. The largest absolute Gasteiger partial charge is 0.497 e. The summed E-state index contributed by atoms with van der Waals surface area (Å²) in [5.41, 5.74) is 8.12. The maximum Gasteiger partial charge on any atom is 0.238 e. The summed E-state index contributed by atoms with van der Waals surface area (Å²) in [6.07, 6.45) is 0.640. The van der Waals surface area contributed by atoms with E-state index in [1.807, 2.05) is 42.5 Å². The van der Waals surface area contributed by atoms with Crippen molar-refractivity contribution in [3.63, 3.8) is 0 Å². The first-order valence-electron chi connectivity index (χ1n) is 8.36. The van der Waals surface area contributed by atoms with Crippen molar-refractivity contribution in [2.45, 2.75) is 25.0 Å². The second-order valence-electron chi connectivity index (χ2n) is 6.08. The molecule has 2 aromatic rings. The van der Waals surface area contributed by atoms with Crippen LogP contribution >= 0.6 is 11.6 Å². The van der Waals surface area contributed by atoms with Crippen LogP contribution < -0.4 is 25.6 Å². The molecule has 26 heavy (non-hydrogen) atoms. The van der Waals surface area contributed by atoms with Crippen LogP contribution in [0.2, 0.25) is 5.02 Å². The van der Waals surface area contributed by atoms with Gasteiger partial charge in [0.15, 0.2) is 0 Å². The molecule has 3 rings (SSSR count). The summed E-state index contributed by atoms with van der Waals surface area (Å²) in [6, 6.07) is 12.9. The third-order valence-corrected chi connectivity index (χ3v) is 4.65. The molecule has 2 atom stereocenters. The summed E-state index contributed by atoms with van der Waals surface area (Å²) in [5.74, 6) is 1.35. The lowest BCUT2D eigenvalue weighted by molar-refractivity contribution is -0.123. The number of hydrogen-bond acceptors (Lipinski definition) is 5. The van der Waals surface area contributed by atoms with Crippen LogP contribution in [-0.2, 0) is 11.3 Å². The van der Waals surface area contributed by atoms with E-state index in [0.717, 1.165) is 16.9 Å². The highest BCUT2D eigenvalue weighted by molar-refractivity contribution is 6.30. The van der Waals surface area contributed by atoms with Gasteiger partial charge >= 0.3 is 0 Å². The molecule has 0 spiro atoms. The number of ether oxygens (including phenoxy) is 2. The first-order chi connectivity index (χ1) is 12.6. The van der Waals surface area contributed by atoms with Gasteiger partial charge in [-0.05, 0) is 42.3 Å². The highest BCUT2D eigenvalue weighted by Crippen LogP contribution is 2.26. The maximum atomic E-state index is 12.5. The fourth-order valence-corrected chi connectivity index (χ4v) is 3.19. The standard InChI is InChI=1S/C19H22ClN3O3/c1-25-15-6-7-18(26-2)13(9-15)11-21-19(24)17-10-16(22-23-17)12-4-3-5-14(20)8-12/h3-9,16-17,22-23H,10-11H2,1-2H3,(H,21,24). The Labute approximate surface area is 157 Å². The number of nitrogens with one attached hydrogen (secondary N) is 3. The van der Waals surface area contributed by atoms with Crippen LogP contribution in [0.25, 0.3) is 0 Å². The zero-order valence-electron chi connectivity index (χ0n) is 14.7. The number of methoxy groups -OCH3 is 2. The monoisotopic (exact) mass is 375 g/mol. The summed E-state index contributed by atoms with van der Waals surface area (Å²) in [7, 11) is 3.21. The van der Waals surface area contributed by atoms with Crippen molar-refractivity contribution >= 4 is 17.5 Å². The minimum absolute atomic E-state index is 0.0378. The molecule has 1 heterocycles. The number of hydrogen-bond donors (Lipinski definition) is 3. The number of carbonyl (C=O) groups excluding carboxylic acids is 1. The Hall–Kier alpha value is -2.28. The average molecular weight is 376 g/mol. The first-order valence-corrected chi connectivity index (χ1v) is 8.73. The summed E-state index contributed by atoms with van der Waals surface area (Å²) in [4.78, 5) is 12.5. The summed E-state index contributed by atoms with van der Waals surface area (Å²) < 4.78 is 10.6. The number of amides is 1. The molecule has 1 aliphatic rings. The molecule has 1 aliphatic heterocycles. The normalized spacial score (nSPS) is 19.2. The van der Waals surface area contributed by atoms with E-state index < -0.39 is 0 Å². The Morgan fingerprint density at radius 1 is 1.19 bits per heavy atom. The number of halogens is 1. The van der Waals surface area contributed by atoms with Crippen molar-refractivity contribution in [2.75, 3.05) is 14.2 Å². The van der Waals surface area contributed by atoms with Gasteiger partial charge in [-0.25, -0.2) is 10.9 Å². The van der Waals surface area contributed by atoms with Crippen molar-refractivity contribution in [1.82, 2.24) is 16.2 Å². The molecule has 1 fully saturated rings. The van der Waals surface area contributed by atoms with Crippen molar-refractivity contribution in [1.29, 1.82) is 0 Å². The lowest BCUT2D eigenvalue weighted by Crippen LogP contribution is -2.42. The Morgan fingerprint density at radius 2 is 2.04 bits per heavy atom. The first kappa shape index (κ1) is 18.5. The molecule has 0 saturated carbocycles. The molecule has 2 unspecified atom stereocenters. The second kappa shape index (κ2) is 8.40. The molecule has 1 amide bonds. The maximum absolute atomic E-state index is 12.5. The lowest BCUT2D eigenvalue weighted by Gasteiger charge is -2.14. The highest BCUT2D eigenvalue weighted by Gasteiger charge is 2.30. The Bertz CT molecular complexity index is 784. The van der Waals surface area contributed by atoms with E-state index in [1.54, 1.807) is 14.2 Å². The SMILES string of the molecule is COc1ccc(OC)c(CNC(=O)C2CC(c3cccc(Cl)c3)NN2)c1. The Kier molecular flexibility index (Phi) is 5.98. The third kappa shape index (κ3) is 4.27. The van der Waals surface area contributed by atoms with Gasteiger partial charge < -0.3 is 14.8 Å². The summed E-state index contributed by atoms with van der Waals surface area (Å²) in [6.45, 7) is 0.360. The van der Waals surface area contributed by atoms with Crippen molar-refractivity contribution < 1.29 is 14.3 Å². The van der Waals surface area contributed by atoms with E-state index in [4.69, 9.17) is 21.1 Å². The average Bonchev–Trinajstić information content (AvgIpc) is 3.16. The molecule has 138 valence electrons. The molecule has 3 N–H and O–H groups in total. The molecular weight excluding hydrogens is 354 g/mol. The highest BCUT2D eigenvalue weighted by atomic mass is 35.5. The summed E-state index contributed by atoms with van der Waals surface area (Å²) >= 11 is 6.04. The van der Waals surface area contributed by atoms with Crippen LogP contribution in [0, 0.1) is 0 Å². The van der Waals surface area contributed by atoms with Crippen LogP contribution in [0.4, 0.5) is 0 Å². The van der Waals surface area contributed by atoms with Gasteiger partial charge in [0.2, 0.25) is 5.91 Å². The van der Waals surface area contributed by atoms with Crippen molar-refractivity contribution in [3.05, 3.63) is 58.6 Å². The molecule has 0 radical (unpaired) electrons. The fourth-order valence-electron chi connectivity index (χ4n) is 3.00. The zero-order chi connectivity index (χ0) is 18.5. The molecule has 0 aromatic heterocycles. The molecule has 1 saturated heterocycles. The fraction of sp³-hybridized carbons (Fsp3) is 0.316. The van der Waals surface area contributed by atoms with Crippen LogP contribution in [0.3, 0.4) is 0 Å². The molecule has 7 heteroatoms. The minimum atomic E-state index is -0.324. The predicted molar refractivity (Wildman–Crippen MR) is 100 cm³/mol. The van der Waals surface area contributed by atoms with Crippen molar-refractivity contribution in [2.24, 2.45) is 0 Å². The molecule has 0 aliphatic carbocycles. The van der Waals surface area contributed by atoms with Gasteiger partial charge in [0.25, 0.3) is 0 Å². The minimum Gasteiger partial charge on any atom is -0.497 e. The topological polar surface area (TPSA) is 71.6 Å². The van der Waals surface area contributed by atoms with Gasteiger partial charge in [-0.15, -0.1) is 0 Å². The van der Waals surface area contributed by atoms with Gasteiger partial charge in [-0.3, -0.25) is 4.79 Å². The van der Waals surface area contributed by atoms with E-state index >= 15 is 0 Å². The van der Waals surface area contributed by atoms with Crippen LogP contribution in [0.1, 0.15) is 23.6 Å². The van der Waals surface area contributed by atoms with Crippen molar-refractivity contribution in [3.8, 4) is 11.5 Å². The Morgan fingerprint density at radius 3 is 2.77 bits per heavy atom. The van der Waals surface area contributed by atoms with Gasteiger partial charge in [-0.1, -0.05) is 23.7 Å². The summed E-state index contributed by atoms with van der Waals surface area (Å²) in [5, 5.41) is 3.63. The second-order valence-corrected chi connectivity index (χ2v) is 6.52. The molecule has 0 bridgehead atoms. The van der Waals surface area contributed by atoms with E-state index in [0.29, 0.717) is 23.7 Å². The van der Waals surface area contributed by atoms with Gasteiger partial charge in [0.1, 0.15) is 17.5 Å². The van der Waals surface area contributed by atoms with Gasteiger partial charge in [0, 0.05) is 23.2 Å². The van der Waals surface area contributed by atoms with E-state index in [1.165, 1.54) is 0 Å². The van der Waals surface area contributed by atoms with E-state index in [9.17, 15) is 4.79 Å². The quantitative estimate of drug-likeness (QED) is 0.724. The predicted octanol–water partition coefficient (Wildman–Crippen LogP) is 2.58. The number of benzene rings is 2. The molecule has 2 aromatic carbocycles. The molecular formula is C19H22ClN3O3. The Balaban J connectivity index is 1.59. The van der Waals surface area contributed by atoms with E-state index in [-0.39, 0.29) is 18.0 Å². The lowest BCUT2D eigenvalue weighted by atomic mass is 10.0. The zero-order valence-corrected chi connectivity index (χ0v) is 15.5. The van der Waals surface area contributed by atoms with Gasteiger partial charge in [-0.2, -0.15) is 0 Å². The van der Waals surface area contributed by atoms with Crippen LogP contribution in [-0.4, -0.2) is 26.2 Å². The van der Waals surface area contributed by atoms with E-state index in [2.05, 4.69) is 16.2 Å². The number of hydrazine groups is 1. The van der Waals surface area contributed by atoms with Crippen LogP contribution in [0.5, 0.6) is 11.5 Å².